The molecule has 12 heteroatoms. The van der Waals surface area contributed by atoms with E-state index in [9.17, 15) is 18.0 Å². The summed E-state index contributed by atoms with van der Waals surface area (Å²) in [6, 6.07) is 14.1. The van der Waals surface area contributed by atoms with E-state index < -0.39 is 15.3 Å². The van der Waals surface area contributed by atoms with E-state index >= 15 is 0 Å². The molecular weight excluding hydrogens is 627 g/mol. The number of carbonyl (C=O) groups is 2. The molecule has 2 aromatic carbocycles. The first-order valence-electron chi connectivity index (χ1n) is 16.9. The third-order valence-corrected chi connectivity index (χ3v) is 12.5. The van der Waals surface area contributed by atoms with Crippen molar-refractivity contribution >= 4 is 38.6 Å². The van der Waals surface area contributed by atoms with Gasteiger partial charge in [-0.1, -0.05) is 36.4 Å². The number of anilines is 1. The normalized spacial score (nSPS) is 23.2. The number of rotatable bonds is 7. The highest BCUT2D eigenvalue weighted by Gasteiger charge is 2.51. The molecule has 4 aliphatic rings. The Hall–Kier alpha value is -4.16. The third kappa shape index (κ3) is 6.35. The Labute approximate surface area is 282 Å². The lowest BCUT2D eigenvalue weighted by atomic mass is 9.85. The Morgan fingerprint density at radius 1 is 1.02 bits per heavy atom. The lowest BCUT2D eigenvalue weighted by molar-refractivity contribution is -0.132. The van der Waals surface area contributed by atoms with E-state index in [-0.39, 0.29) is 29.2 Å². The highest BCUT2D eigenvalue weighted by Crippen LogP contribution is 2.43. The van der Waals surface area contributed by atoms with Gasteiger partial charge in [0.15, 0.2) is 5.82 Å². The highest BCUT2D eigenvalue weighted by atomic mass is 32.2. The van der Waals surface area contributed by atoms with Gasteiger partial charge >= 0.3 is 0 Å². The van der Waals surface area contributed by atoms with Crippen molar-refractivity contribution in [3.63, 3.8) is 0 Å². The number of amides is 2. The van der Waals surface area contributed by atoms with E-state index in [1.165, 1.54) is 5.57 Å². The molecule has 3 aromatic rings. The maximum Gasteiger partial charge on any atom is 0.237 e. The molecule has 3 fully saturated rings. The molecule has 1 spiro atoms. The van der Waals surface area contributed by atoms with Crippen molar-refractivity contribution < 1.29 is 18.0 Å². The monoisotopic (exact) mass is 669 g/mol. The van der Waals surface area contributed by atoms with Crippen LogP contribution in [0.3, 0.4) is 0 Å². The predicted molar refractivity (Wildman–Crippen MR) is 185 cm³/mol. The third-order valence-electron chi connectivity index (χ3n) is 10.8. The SMILES string of the molecule is Cc1ccc(N2CC[C@]3(CCN(CC(=O)N4CC=C(c5ccc(-c6ncn(C)n6)cc5)CC4)C3)C2=O)cc1C(=N)C1CCS(=O)(=O)CC1. The molecule has 2 amide bonds. The Morgan fingerprint density at radius 3 is 2.44 bits per heavy atom. The molecule has 11 nitrogen and oxygen atoms in total. The quantitative estimate of drug-likeness (QED) is 0.379. The van der Waals surface area contributed by atoms with Crippen LogP contribution in [0.4, 0.5) is 5.69 Å². The van der Waals surface area contributed by atoms with Gasteiger partial charge in [-0.15, -0.1) is 0 Å². The number of nitrogens with zero attached hydrogens (tertiary/aromatic N) is 6. The number of carbonyl (C=O) groups excluding carboxylic acids is 2. The minimum Gasteiger partial charge on any atom is -0.338 e. The molecule has 252 valence electrons. The molecule has 3 saturated heterocycles. The molecule has 0 aliphatic carbocycles. The number of likely N-dealkylation sites (tertiary alicyclic amines) is 1. The van der Waals surface area contributed by atoms with E-state index in [0.717, 1.165) is 47.2 Å². The van der Waals surface area contributed by atoms with Crippen molar-refractivity contribution in [1.82, 2.24) is 24.6 Å². The number of sulfone groups is 1. The fourth-order valence-electron chi connectivity index (χ4n) is 7.76. The van der Waals surface area contributed by atoms with E-state index in [0.29, 0.717) is 63.6 Å². The molecule has 48 heavy (non-hydrogen) atoms. The topological polar surface area (TPSA) is 133 Å². The van der Waals surface area contributed by atoms with Crippen LogP contribution in [-0.2, 0) is 26.5 Å². The number of hydrogen-bond acceptors (Lipinski definition) is 8. The number of aromatic nitrogens is 3. The summed E-state index contributed by atoms with van der Waals surface area (Å²) in [4.78, 5) is 37.5. The summed E-state index contributed by atoms with van der Waals surface area (Å²) in [6.45, 7) is 5.42. The maximum atomic E-state index is 13.9. The molecule has 5 heterocycles. The van der Waals surface area contributed by atoms with E-state index in [1.54, 1.807) is 11.0 Å². The van der Waals surface area contributed by atoms with E-state index in [2.05, 4.69) is 33.2 Å². The molecule has 0 unspecified atom stereocenters. The van der Waals surface area contributed by atoms with E-state index in [4.69, 9.17) is 5.41 Å². The molecule has 1 atom stereocenters. The van der Waals surface area contributed by atoms with Gasteiger partial charge in [-0.25, -0.2) is 13.4 Å². The summed E-state index contributed by atoms with van der Waals surface area (Å²) in [5.41, 5.74) is 5.86. The molecular formula is C36H43N7O4S. The zero-order valence-electron chi connectivity index (χ0n) is 27.7. The predicted octanol–water partition coefficient (Wildman–Crippen LogP) is 3.73. The Morgan fingerprint density at radius 2 is 1.75 bits per heavy atom. The van der Waals surface area contributed by atoms with Gasteiger partial charge in [0.25, 0.3) is 0 Å². The fourth-order valence-corrected chi connectivity index (χ4v) is 9.25. The first-order valence-corrected chi connectivity index (χ1v) is 18.7. The van der Waals surface area contributed by atoms with Crippen molar-refractivity contribution in [2.75, 3.05) is 55.7 Å². The standard InChI is InChI=1S/C36H43N7O4S/c1-25-3-8-30(21-31(25)33(37)28-11-19-48(46,47)20-12-28)43-18-14-36(35(43)45)13-17-41(23-36)22-32(44)42-15-9-27(10-16-42)26-4-6-29(7-5-26)34-38-24-40(2)39-34/h3-9,21,24,28,37H,10-20,22-23H2,1-2H3/t36-/m0/s1. The zero-order valence-corrected chi connectivity index (χ0v) is 28.5. The van der Waals surface area contributed by atoms with Crippen LogP contribution in [0.5, 0.6) is 0 Å². The number of benzene rings is 2. The largest absolute Gasteiger partial charge is 0.338 e. The summed E-state index contributed by atoms with van der Waals surface area (Å²) in [6.07, 6.45) is 7.04. The molecule has 7 rings (SSSR count). The first-order chi connectivity index (χ1) is 23.0. The summed E-state index contributed by atoms with van der Waals surface area (Å²) in [5.74, 6) is 1.05. The maximum absolute atomic E-state index is 13.9. The van der Waals surface area contributed by atoms with Gasteiger partial charge in [-0.2, -0.15) is 5.10 Å². The molecule has 0 bridgehead atoms. The summed E-state index contributed by atoms with van der Waals surface area (Å²) >= 11 is 0. The average molecular weight is 670 g/mol. The zero-order chi connectivity index (χ0) is 33.6. The molecule has 1 N–H and O–H groups in total. The minimum atomic E-state index is -3.01. The second-order valence-corrected chi connectivity index (χ2v) is 16.2. The van der Waals surface area contributed by atoms with Gasteiger partial charge in [0, 0.05) is 61.7 Å². The lowest BCUT2D eigenvalue weighted by Gasteiger charge is -2.29. The van der Waals surface area contributed by atoms with Crippen LogP contribution in [0.25, 0.3) is 17.0 Å². The number of aryl methyl sites for hydroxylation is 2. The first kappa shape index (κ1) is 32.4. The van der Waals surface area contributed by atoms with Gasteiger partial charge in [0.1, 0.15) is 16.2 Å². The molecule has 1 aromatic heterocycles. The average Bonchev–Trinajstić information content (AvgIpc) is 3.80. The molecule has 4 aliphatic heterocycles. The molecule has 0 saturated carbocycles. The van der Waals surface area contributed by atoms with E-state index in [1.807, 2.05) is 54.1 Å². The summed E-state index contributed by atoms with van der Waals surface area (Å²) < 4.78 is 25.6. The smallest absolute Gasteiger partial charge is 0.237 e. The van der Waals surface area contributed by atoms with Gasteiger partial charge in [-0.3, -0.25) is 19.2 Å². The van der Waals surface area contributed by atoms with Gasteiger partial charge < -0.3 is 15.2 Å². The Balaban J connectivity index is 0.945. The van der Waals surface area contributed by atoms with Gasteiger partial charge in [0.2, 0.25) is 11.8 Å². The highest BCUT2D eigenvalue weighted by molar-refractivity contribution is 7.91. The summed E-state index contributed by atoms with van der Waals surface area (Å²) in [5, 5.41) is 13.3. The molecule has 0 radical (unpaired) electrons. The van der Waals surface area contributed by atoms with Crippen LogP contribution in [0, 0.1) is 23.7 Å². The van der Waals surface area contributed by atoms with Crippen molar-refractivity contribution in [1.29, 1.82) is 5.41 Å². The van der Waals surface area contributed by atoms with Crippen LogP contribution in [-0.4, -0.2) is 101 Å². The van der Waals surface area contributed by atoms with Crippen LogP contribution in [0.15, 0.2) is 54.9 Å². The number of nitrogens with one attached hydrogen (secondary N) is 1. The van der Waals surface area contributed by atoms with Crippen molar-refractivity contribution in [3.05, 3.63) is 71.6 Å². The minimum absolute atomic E-state index is 0.0898. The summed E-state index contributed by atoms with van der Waals surface area (Å²) in [7, 11) is -1.16. The van der Waals surface area contributed by atoms with Crippen LogP contribution in [0.1, 0.15) is 48.8 Å². The second kappa shape index (κ2) is 12.7. The van der Waals surface area contributed by atoms with Crippen LogP contribution < -0.4 is 4.90 Å². The van der Waals surface area contributed by atoms with Crippen LogP contribution >= 0.6 is 0 Å². The lowest BCUT2D eigenvalue weighted by Crippen LogP contribution is -2.43. The van der Waals surface area contributed by atoms with Crippen LogP contribution in [0.2, 0.25) is 0 Å². The Kier molecular flexibility index (Phi) is 8.57. The van der Waals surface area contributed by atoms with Crippen molar-refractivity contribution in [2.45, 2.75) is 39.0 Å². The fraction of sp³-hybridized carbons (Fsp3) is 0.472. The van der Waals surface area contributed by atoms with Crippen molar-refractivity contribution in [3.8, 4) is 11.4 Å². The second-order valence-electron chi connectivity index (χ2n) is 13.9. The number of hydrogen-bond donors (Lipinski definition) is 1. The van der Waals surface area contributed by atoms with Gasteiger partial charge in [0.05, 0.1) is 23.5 Å². The van der Waals surface area contributed by atoms with Gasteiger partial charge in [-0.05, 0) is 74.4 Å². The van der Waals surface area contributed by atoms with Crippen molar-refractivity contribution in [2.24, 2.45) is 18.4 Å². The Bertz CT molecular complexity index is 1890.